The molecular weight excluding hydrogens is 456 g/mol. The summed E-state index contributed by atoms with van der Waals surface area (Å²) in [6.45, 7) is 5.84. The van der Waals surface area contributed by atoms with Crippen LogP contribution in [0.15, 0.2) is 53.4 Å². The van der Waals surface area contributed by atoms with E-state index in [1.54, 1.807) is 35.0 Å². The molecule has 1 heterocycles. The molecule has 10 heteroatoms. The minimum absolute atomic E-state index is 0.0254. The third-order valence-electron chi connectivity index (χ3n) is 5.47. The molecule has 3 N–H and O–H groups in total. The number of nitrogens with one attached hydrogen (secondary N) is 2. The van der Waals surface area contributed by atoms with Crippen molar-refractivity contribution in [3.05, 3.63) is 59.9 Å². The van der Waals surface area contributed by atoms with Gasteiger partial charge in [0, 0.05) is 5.92 Å². The Labute approximate surface area is 198 Å². The van der Waals surface area contributed by atoms with Crippen molar-refractivity contribution < 1.29 is 23.1 Å². The van der Waals surface area contributed by atoms with Crippen LogP contribution < -0.4 is 14.8 Å². The number of benzene rings is 2. The highest BCUT2D eigenvalue weighted by molar-refractivity contribution is 7.92. The van der Waals surface area contributed by atoms with Crippen LogP contribution in [-0.4, -0.2) is 36.3 Å². The van der Waals surface area contributed by atoms with Crippen LogP contribution in [0.2, 0.25) is 0 Å². The molecule has 0 radical (unpaired) electrons. The molecule has 0 atom stereocenters. The van der Waals surface area contributed by atoms with Crippen molar-refractivity contribution in [1.29, 1.82) is 0 Å². The minimum Gasteiger partial charge on any atom is -0.506 e. The lowest BCUT2D eigenvalue weighted by atomic mass is 10.1. The zero-order valence-corrected chi connectivity index (χ0v) is 20.3. The molecule has 0 spiro atoms. The van der Waals surface area contributed by atoms with Gasteiger partial charge in [-0.1, -0.05) is 12.1 Å². The van der Waals surface area contributed by atoms with E-state index in [0.717, 1.165) is 18.5 Å². The molecule has 0 saturated heterocycles. The number of para-hydroxylation sites is 2. The van der Waals surface area contributed by atoms with E-state index in [9.17, 15) is 18.3 Å². The van der Waals surface area contributed by atoms with Gasteiger partial charge >= 0.3 is 0 Å². The fraction of sp³-hybridized carbons (Fsp3) is 0.333. The van der Waals surface area contributed by atoms with Crippen LogP contribution in [0.3, 0.4) is 0 Å². The van der Waals surface area contributed by atoms with E-state index in [4.69, 9.17) is 4.74 Å². The summed E-state index contributed by atoms with van der Waals surface area (Å²) in [6, 6.07) is 12.1. The van der Waals surface area contributed by atoms with Crippen LogP contribution in [0.1, 0.15) is 55.7 Å². The van der Waals surface area contributed by atoms with E-state index in [-0.39, 0.29) is 22.0 Å². The molecule has 180 valence electrons. The standard InChI is InChI=1S/C24H28N4O5S/c1-24(2,3)28-20(14-18(26-28)15-9-10-15)23(30)25-19-13-16(11-12-21(19)29)34(31,32)27-17-7-5-6-8-22(17)33-4/h5-8,11-15,27,29H,9-10H2,1-4H3,(H,25,30). The number of amides is 1. The Kier molecular flexibility index (Phi) is 6.03. The Balaban J connectivity index is 1.63. The summed E-state index contributed by atoms with van der Waals surface area (Å²) in [4.78, 5) is 13.0. The Bertz CT molecular complexity index is 1340. The van der Waals surface area contributed by atoms with Gasteiger partial charge in [-0.2, -0.15) is 5.10 Å². The smallest absolute Gasteiger partial charge is 0.274 e. The monoisotopic (exact) mass is 484 g/mol. The zero-order chi connectivity index (χ0) is 24.7. The van der Waals surface area contributed by atoms with E-state index in [2.05, 4.69) is 15.1 Å². The number of ether oxygens (including phenoxy) is 1. The summed E-state index contributed by atoms with van der Waals surface area (Å²) in [6.07, 6.45) is 2.09. The number of methoxy groups -OCH3 is 1. The predicted molar refractivity (Wildman–Crippen MR) is 129 cm³/mol. The maximum Gasteiger partial charge on any atom is 0.274 e. The van der Waals surface area contributed by atoms with Crippen molar-refractivity contribution in [2.45, 2.75) is 50.0 Å². The number of hydrogen-bond acceptors (Lipinski definition) is 6. The average Bonchev–Trinajstić information content (AvgIpc) is 3.52. The average molecular weight is 485 g/mol. The van der Waals surface area contributed by atoms with Crippen LogP contribution >= 0.6 is 0 Å². The first kappa shape index (κ1) is 23.6. The Morgan fingerprint density at radius 3 is 2.47 bits per heavy atom. The van der Waals surface area contributed by atoms with Crippen molar-refractivity contribution >= 4 is 27.3 Å². The first-order chi connectivity index (χ1) is 16.0. The highest BCUT2D eigenvalue weighted by atomic mass is 32.2. The molecule has 1 aliphatic rings. The molecule has 34 heavy (non-hydrogen) atoms. The van der Waals surface area contributed by atoms with Crippen molar-refractivity contribution in [3.63, 3.8) is 0 Å². The molecule has 4 rings (SSSR count). The summed E-state index contributed by atoms with van der Waals surface area (Å²) in [7, 11) is -2.58. The van der Waals surface area contributed by atoms with E-state index >= 15 is 0 Å². The van der Waals surface area contributed by atoms with Crippen LogP contribution in [-0.2, 0) is 15.6 Å². The van der Waals surface area contributed by atoms with Crippen molar-refractivity contribution in [1.82, 2.24) is 9.78 Å². The number of phenols is 1. The van der Waals surface area contributed by atoms with Crippen molar-refractivity contribution in [2.24, 2.45) is 0 Å². The topological polar surface area (TPSA) is 123 Å². The predicted octanol–water partition coefficient (Wildman–Crippen LogP) is 4.28. The second kappa shape index (κ2) is 8.68. The SMILES string of the molecule is COc1ccccc1NS(=O)(=O)c1ccc(O)c(NC(=O)c2cc(C3CC3)nn2C(C)(C)C)c1. The molecule has 0 aliphatic heterocycles. The maximum absolute atomic E-state index is 13.2. The third-order valence-corrected chi connectivity index (χ3v) is 6.83. The molecule has 0 bridgehead atoms. The van der Waals surface area contributed by atoms with E-state index in [0.29, 0.717) is 17.4 Å². The first-order valence-electron chi connectivity index (χ1n) is 10.9. The van der Waals surface area contributed by atoms with Gasteiger partial charge in [-0.25, -0.2) is 8.42 Å². The normalized spacial score (nSPS) is 14.0. The Morgan fingerprint density at radius 1 is 1.12 bits per heavy atom. The maximum atomic E-state index is 13.2. The quantitative estimate of drug-likeness (QED) is 0.430. The molecule has 9 nitrogen and oxygen atoms in total. The summed E-state index contributed by atoms with van der Waals surface area (Å²) < 4.78 is 35.3. The molecule has 3 aromatic rings. The number of carbonyl (C=O) groups excluding carboxylic acids is 1. The fourth-order valence-electron chi connectivity index (χ4n) is 3.55. The van der Waals surface area contributed by atoms with Gasteiger partial charge in [0.25, 0.3) is 15.9 Å². The van der Waals surface area contributed by atoms with Crippen LogP contribution in [0.4, 0.5) is 11.4 Å². The van der Waals surface area contributed by atoms with Crippen molar-refractivity contribution in [2.75, 3.05) is 17.1 Å². The van der Waals surface area contributed by atoms with Gasteiger partial charge < -0.3 is 15.2 Å². The summed E-state index contributed by atoms with van der Waals surface area (Å²) in [5.41, 5.74) is 1.01. The number of carbonyl (C=O) groups is 1. The number of aromatic nitrogens is 2. The van der Waals surface area contributed by atoms with E-state index < -0.39 is 21.5 Å². The van der Waals surface area contributed by atoms with Crippen LogP contribution in [0.25, 0.3) is 0 Å². The number of rotatable bonds is 7. The lowest BCUT2D eigenvalue weighted by Gasteiger charge is -2.22. The highest BCUT2D eigenvalue weighted by Crippen LogP contribution is 2.40. The number of aromatic hydroxyl groups is 1. The zero-order valence-electron chi connectivity index (χ0n) is 19.5. The second-order valence-electron chi connectivity index (χ2n) is 9.25. The number of sulfonamides is 1. The van der Waals surface area contributed by atoms with Gasteiger partial charge in [0.2, 0.25) is 0 Å². The number of hydrogen-bond donors (Lipinski definition) is 3. The van der Waals surface area contributed by atoms with Crippen LogP contribution in [0.5, 0.6) is 11.5 Å². The molecule has 1 saturated carbocycles. The minimum atomic E-state index is -4.03. The molecule has 1 amide bonds. The van der Waals surface area contributed by atoms with Gasteiger partial charge in [-0.3, -0.25) is 14.2 Å². The Hall–Kier alpha value is -3.53. The third kappa shape index (κ3) is 4.86. The molecule has 0 unspecified atom stereocenters. The van der Waals surface area contributed by atoms with E-state index in [1.807, 2.05) is 20.8 Å². The molecular formula is C24H28N4O5S. The number of phenolic OH excluding ortho intramolecular Hbond substituents is 1. The number of nitrogens with zero attached hydrogens (tertiary/aromatic N) is 2. The van der Waals surface area contributed by atoms with Gasteiger partial charge in [-0.05, 0) is 70.0 Å². The lowest BCUT2D eigenvalue weighted by molar-refractivity contribution is 0.100. The highest BCUT2D eigenvalue weighted by Gasteiger charge is 2.31. The molecule has 1 fully saturated rings. The molecule has 1 aromatic heterocycles. The van der Waals surface area contributed by atoms with Gasteiger partial charge in [0.1, 0.15) is 17.2 Å². The van der Waals surface area contributed by atoms with E-state index in [1.165, 1.54) is 25.3 Å². The summed E-state index contributed by atoms with van der Waals surface area (Å²) in [5, 5.41) is 17.6. The van der Waals surface area contributed by atoms with Crippen molar-refractivity contribution in [3.8, 4) is 11.5 Å². The summed E-state index contributed by atoms with van der Waals surface area (Å²) in [5.74, 6) is -0.0240. The number of anilines is 2. The molecule has 1 aliphatic carbocycles. The lowest BCUT2D eigenvalue weighted by Crippen LogP contribution is -2.29. The van der Waals surface area contributed by atoms with Gasteiger partial charge in [0.05, 0.1) is 34.6 Å². The molecule has 2 aromatic carbocycles. The summed E-state index contributed by atoms with van der Waals surface area (Å²) >= 11 is 0. The van der Waals surface area contributed by atoms with Gasteiger partial charge in [-0.15, -0.1) is 0 Å². The van der Waals surface area contributed by atoms with Gasteiger partial charge in [0.15, 0.2) is 0 Å². The largest absolute Gasteiger partial charge is 0.506 e. The van der Waals surface area contributed by atoms with Crippen LogP contribution in [0, 0.1) is 0 Å². The fourth-order valence-corrected chi connectivity index (χ4v) is 4.65. The Morgan fingerprint density at radius 2 is 1.82 bits per heavy atom. The second-order valence-corrected chi connectivity index (χ2v) is 10.9. The first-order valence-corrected chi connectivity index (χ1v) is 12.4.